The number of anilines is 2. The summed E-state index contributed by atoms with van der Waals surface area (Å²) < 4.78 is 0. The van der Waals surface area contributed by atoms with Crippen molar-refractivity contribution in [2.75, 3.05) is 22.6 Å². The van der Waals surface area contributed by atoms with E-state index in [1.165, 1.54) is 0 Å². The van der Waals surface area contributed by atoms with E-state index in [1.54, 1.807) is 18.2 Å². The van der Waals surface area contributed by atoms with Gasteiger partial charge in [-0.2, -0.15) is 11.8 Å². The van der Waals surface area contributed by atoms with Crippen molar-refractivity contribution in [3.05, 3.63) is 28.3 Å². The summed E-state index contributed by atoms with van der Waals surface area (Å²) in [5.41, 5.74) is 6.38. The van der Waals surface area contributed by atoms with E-state index in [0.717, 1.165) is 24.3 Å². The van der Waals surface area contributed by atoms with Crippen LogP contribution in [0.15, 0.2) is 18.2 Å². The van der Waals surface area contributed by atoms with Crippen molar-refractivity contribution in [2.45, 2.75) is 18.9 Å². The van der Waals surface area contributed by atoms with Crippen molar-refractivity contribution < 1.29 is 4.92 Å². The molecule has 1 aliphatic heterocycles. The molecule has 92 valence electrons. The first-order valence-corrected chi connectivity index (χ1v) is 6.71. The quantitative estimate of drug-likeness (QED) is 0.491. The molecule has 6 heteroatoms. The van der Waals surface area contributed by atoms with E-state index < -0.39 is 4.92 Å². The number of nitrogens with zero attached hydrogens (tertiary/aromatic N) is 1. The minimum absolute atomic E-state index is 0.00859. The Morgan fingerprint density at radius 1 is 1.41 bits per heavy atom. The molecule has 0 amide bonds. The van der Waals surface area contributed by atoms with Gasteiger partial charge in [-0.25, -0.2) is 0 Å². The second kappa shape index (κ2) is 5.27. The smallest absolute Gasteiger partial charge is 0.314 e. The van der Waals surface area contributed by atoms with Gasteiger partial charge in [0.2, 0.25) is 0 Å². The third kappa shape index (κ3) is 2.82. The monoisotopic (exact) mass is 253 g/mol. The maximum atomic E-state index is 11.0. The topological polar surface area (TPSA) is 81.2 Å². The second-order valence-electron chi connectivity index (χ2n) is 4.03. The molecule has 3 N–H and O–H groups in total. The summed E-state index contributed by atoms with van der Waals surface area (Å²) in [6.07, 6.45) is 2.08. The van der Waals surface area contributed by atoms with Gasteiger partial charge in [-0.3, -0.25) is 10.1 Å². The number of nitrogens with one attached hydrogen (secondary N) is 1. The highest BCUT2D eigenvalue weighted by Gasteiger charge is 2.21. The lowest BCUT2D eigenvalue weighted by Gasteiger charge is -2.23. The number of nitro groups is 1. The lowest BCUT2D eigenvalue weighted by molar-refractivity contribution is -0.383. The van der Waals surface area contributed by atoms with Crippen LogP contribution in [0.5, 0.6) is 0 Å². The molecule has 0 bridgehead atoms. The van der Waals surface area contributed by atoms with E-state index >= 15 is 0 Å². The maximum Gasteiger partial charge on any atom is 0.314 e. The number of nitrogens with two attached hydrogens (primary N) is 1. The SMILES string of the molecule is Nc1cccc(NC2CCSCC2)c1[N+](=O)[O-]. The molecule has 17 heavy (non-hydrogen) atoms. The Kier molecular flexibility index (Phi) is 3.73. The Morgan fingerprint density at radius 3 is 2.76 bits per heavy atom. The van der Waals surface area contributed by atoms with Crippen molar-refractivity contribution in [3.8, 4) is 0 Å². The fourth-order valence-corrected chi connectivity index (χ4v) is 3.05. The van der Waals surface area contributed by atoms with Crippen LogP contribution < -0.4 is 11.1 Å². The molecule has 1 aliphatic rings. The van der Waals surface area contributed by atoms with Gasteiger partial charge in [0.25, 0.3) is 0 Å². The van der Waals surface area contributed by atoms with Crippen molar-refractivity contribution in [1.82, 2.24) is 0 Å². The Morgan fingerprint density at radius 2 is 2.12 bits per heavy atom. The van der Waals surface area contributed by atoms with Gasteiger partial charge >= 0.3 is 5.69 Å². The Hall–Kier alpha value is -1.43. The maximum absolute atomic E-state index is 11.0. The van der Waals surface area contributed by atoms with Crippen molar-refractivity contribution in [3.63, 3.8) is 0 Å². The van der Waals surface area contributed by atoms with Crippen LogP contribution in [0.1, 0.15) is 12.8 Å². The fraction of sp³-hybridized carbons (Fsp3) is 0.455. The van der Waals surface area contributed by atoms with E-state index in [1.807, 2.05) is 11.8 Å². The molecule has 1 fully saturated rings. The number of nitrogen functional groups attached to an aromatic ring is 1. The predicted octanol–water partition coefficient (Wildman–Crippen LogP) is 2.48. The standard InChI is InChI=1S/C11H15N3O2S/c12-9-2-1-3-10(11(9)14(15)16)13-8-4-6-17-7-5-8/h1-3,8,13H,4-7,12H2. The summed E-state index contributed by atoms with van der Waals surface area (Å²) in [5.74, 6) is 2.21. The van der Waals surface area contributed by atoms with Crippen LogP contribution in [0.25, 0.3) is 0 Å². The predicted molar refractivity (Wildman–Crippen MR) is 71.5 cm³/mol. The van der Waals surface area contributed by atoms with Gasteiger partial charge < -0.3 is 11.1 Å². The van der Waals surface area contributed by atoms with Gasteiger partial charge in [0.05, 0.1) is 4.92 Å². The van der Waals surface area contributed by atoms with Gasteiger partial charge in [0.15, 0.2) is 0 Å². The number of thioether (sulfide) groups is 1. The first-order valence-electron chi connectivity index (χ1n) is 5.55. The molecule has 1 aromatic carbocycles. The van der Waals surface area contributed by atoms with E-state index in [0.29, 0.717) is 11.7 Å². The molecule has 2 rings (SSSR count). The zero-order valence-corrected chi connectivity index (χ0v) is 10.2. The van der Waals surface area contributed by atoms with Gasteiger partial charge in [-0.1, -0.05) is 6.07 Å². The normalized spacial score (nSPS) is 16.7. The second-order valence-corrected chi connectivity index (χ2v) is 5.26. The van der Waals surface area contributed by atoms with E-state index in [9.17, 15) is 10.1 Å². The highest BCUT2D eigenvalue weighted by Crippen LogP contribution is 2.32. The van der Waals surface area contributed by atoms with Crippen LogP contribution in [0.4, 0.5) is 17.1 Å². The van der Waals surface area contributed by atoms with E-state index in [2.05, 4.69) is 5.32 Å². The molecular formula is C11H15N3O2S. The molecule has 0 unspecified atom stereocenters. The number of rotatable bonds is 3. The lowest BCUT2D eigenvalue weighted by atomic mass is 10.1. The molecule has 0 spiro atoms. The van der Waals surface area contributed by atoms with Crippen LogP contribution in [0.3, 0.4) is 0 Å². The molecule has 0 aromatic heterocycles. The number of para-hydroxylation sites is 1. The Balaban J connectivity index is 2.19. The third-order valence-corrected chi connectivity index (χ3v) is 3.88. The van der Waals surface area contributed by atoms with Crippen molar-refractivity contribution in [2.24, 2.45) is 0 Å². The average molecular weight is 253 g/mol. The molecule has 1 heterocycles. The first-order chi connectivity index (χ1) is 8.18. The van der Waals surface area contributed by atoms with Crippen LogP contribution in [-0.2, 0) is 0 Å². The Bertz CT molecular complexity index is 419. The highest BCUT2D eigenvalue weighted by molar-refractivity contribution is 7.99. The summed E-state index contributed by atoms with van der Waals surface area (Å²) in [7, 11) is 0. The fourth-order valence-electron chi connectivity index (χ4n) is 1.94. The van der Waals surface area contributed by atoms with Gasteiger partial charge in [0, 0.05) is 6.04 Å². The van der Waals surface area contributed by atoms with Crippen LogP contribution in [-0.4, -0.2) is 22.5 Å². The van der Waals surface area contributed by atoms with E-state index in [4.69, 9.17) is 5.73 Å². The summed E-state index contributed by atoms with van der Waals surface area (Å²) in [4.78, 5) is 10.5. The van der Waals surface area contributed by atoms with Crippen LogP contribution in [0, 0.1) is 10.1 Å². The molecule has 1 saturated heterocycles. The minimum atomic E-state index is -0.421. The zero-order valence-electron chi connectivity index (χ0n) is 9.39. The summed E-state index contributed by atoms with van der Waals surface area (Å²) >= 11 is 1.92. The number of nitro benzene ring substituents is 1. The van der Waals surface area contributed by atoms with Gasteiger partial charge in [-0.05, 0) is 36.5 Å². The summed E-state index contributed by atoms with van der Waals surface area (Å²) in [5, 5.41) is 14.2. The molecule has 0 radical (unpaired) electrons. The minimum Gasteiger partial charge on any atom is -0.393 e. The van der Waals surface area contributed by atoms with Crippen molar-refractivity contribution >= 4 is 28.8 Å². The van der Waals surface area contributed by atoms with Crippen LogP contribution in [0.2, 0.25) is 0 Å². The molecule has 0 saturated carbocycles. The lowest BCUT2D eigenvalue weighted by Crippen LogP contribution is -2.25. The van der Waals surface area contributed by atoms with Gasteiger partial charge in [0.1, 0.15) is 11.4 Å². The molecule has 5 nitrogen and oxygen atoms in total. The summed E-state index contributed by atoms with van der Waals surface area (Å²) in [6, 6.07) is 5.33. The zero-order chi connectivity index (χ0) is 12.3. The number of hydrogen-bond acceptors (Lipinski definition) is 5. The molecule has 0 atom stereocenters. The number of benzene rings is 1. The highest BCUT2D eigenvalue weighted by atomic mass is 32.2. The number of hydrogen-bond donors (Lipinski definition) is 2. The van der Waals surface area contributed by atoms with Gasteiger partial charge in [-0.15, -0.1) is 0 Å². The van der Waals surface area contributed by atoms with E-state index in [-0.39, 0.29) is 11.4 Å². The molecular weight excluding hydrogens is 238 g/mol. The van der Waals surface area contributed by atoms with Crippen molar-refractivity contribution in [1.29, 1.82) is 0 Å². The third-order valence-electron chi connectivity index (χ3n) is 2.83. The largest absolute Gasteiger partial charge is 0.393 e. The van der Waals surface area contributed by atoms with Crippen LogP contribution >= 0.6 is 11.8 Å². The first kappa shape index (κ1) is 12.0. The molecule has 1 aromatic rings. The Labute approximate surface area is 104 Å². The summed E-state index contributed by atoms with van der Waals surface area (Å²) in [6.45, 7) is 0. The average Bonchev–Trinajstić information content (AvgIpc) is 2.30. The molecule has 0 aliphatic carbocycles.